The topological polar surface area (TPSA) is 45.2 Å². The molecule has 1 aliphatic heterocycles. The predicted molar refractivity (Wildman–Crippen MR) is 95.3 cm³/mol. The summed E-state index contributed by atoms with van der Waals surface area (Å²) in [5, 5.41) is 3.42. The second-order valence-corrected chi connectivity index (χ2v) is 6.81. The Balaban J connectivity index is 1.48. The molecule has 1 aliphatic rings. The molecule has 6 heteroatoms. The van der Waals surface area contributed by atoms with Gasteiger partial charge in [-0.2, -0.15) is 0 Å². The smallest absolute Gasteiger partial charge is 0.137 e. The summed E-state index contributed by atoms with van der Waals surface area (Å²) in [6, 6.07) is 6.77. The number of hydrogen-bond acceptors (Lipinski definition) is 6. The summed E-state index contributed by atoms with van der Waals surface area (Å²) in [6.07, 6.45) is 7.57. The maximum absolute atomic E-state index is 4.63. The van der Waals surface area contributed by atoms with Crippen LogP contribution in [0.2, 0.25) is 0 Å². The van der Waals surface area contributed by atoms with Gasteiger partial charge in [0.2, 0.25) is 0 Å². The molecule has 0 aromatic carbocycles. The first-order valence-corrected chi connectivity index (χ1v) is 8.77. The van der Waals surface area contributed by atoms with Crippen LogP contribution in [0, 0.1) is 0 Å². The maximum Gasteiger partial charge on any atom is 0.137 e. The van der Waals surface area contributed by atoms with E-state index in [-0.39, 0.29) is 0 Å². The van der Waals surface area contributed by atoms with Gasteiger partial charge in [-0.1, -0.05) is 0 Å². The molecule has 0 bridgehead atoms. The molecule has 0 spiro atoms. The molecule has 4 heterocycles. The Morgan fingerprint density at radius 3 is 2.78 bits per heavy atom. The van der Waals surface area contributed by atoms with Crippen molar-refractivity contribution in [2.45, 2.75) is 18.9 Å². The molecule has 0 aliphatic carbocycles. The van der Waals surface area contributed by atoms with Crippen molar-refractivity contribution in [3.63, 3.8) is 0 Å². The van der Waals surface area contributed by atoms with Crippen LogP contribution in [0.3, 0.4) is 0 Å². The molecule has 4 rings (SSSR count). The first-order valence-electron chi connectivity index (χ1n) is 7.89. The lowest BCUT2D eigenvalue weighted by Gasteiger charge is -2.37. The van der Waals surface area contributed by atoms with Crippen molar-refractivity contribution in [2.75, 3.05) is 29.9 Å². The van der Waals surface area contributed by atoms with Gasteiger partial charge in [0.05, 0.1) is 0 Å². The van der Waals surface area contributed by atoms with E-state index < -0.39 is 0 Å². The number of rotatable bonds is 3. The summed E-state index contributed by atoms with van der Waals surface area (Å²) in [7, 11) is 2.13. The van der Waals surface area contributed by atoms with Crippen LogP contribution in [0.5, 0.6) is 0 Å². The number of fused-ring (bicyclic) bond motifs is 1. The first-order chi connectivity index (χ1) is 11.3. The Labute approximate surface area is 139 Å². The van der Waals surface area contributed by atoms with Crippen molar-refractivity contribution in [1.29, 1.82) is 0 Å². The molecule has 0 unspecified atom stereocenters. The van der Waals surface area contributed by atoms with Crippen molar-refractivity contribution in [3.8, 4) is 0 Å². The fourth-order valence-electron chi connectivity index (χ4n) is 3.28. The molecule has 1 fully saturated rings. The van der Waals surface area contributed by atoms with Gasteiger partial charge < -0.3 is 9.80 Å². The average Bonchev–Trinajstić information content (AvgIpc) is 3.11. The van der Waals surface area contributed by atoms with Crippen LogP contribution < -0.4 is 9.80 Å². The van der Waals surface area contributed by atoms with Crippen LogP contribution in [0.15, 0.2) is 42.3 Å². The van der Waals surface area contributed by atoms with E-state index in [0.717, 1.165) is 37.6 Å². The largest absolute Gasteiger partial charge is 0.356 e. The molecular formula is C17H19N5S. The molecule has 118 valence electrons. The molecule has 23 heavy (non-hydrogen) atoms. The van der Waals surface area contributed by atoms with Gasteiger partial charge in [0.1, 0.15) is 18.0 Å². The van der Waals surface area contributed by atoms with Gasteiger partial charge in [-0.05, 0) is 36.4 Å². The summed E-state index contributed by atoms with van der Waals surface area (Å²) < 4.78 is 1.32. The molecule has 0 N–H and O–H groups in total. The zero-order valence-electron chi connectivity index (χ0n) is 13.1. The van der Waals surface area contributed by atoms with Gasteiger partial charge in [0, 0.05) is 48.7 Å². The van der Waals surface area contributed by atoms with Gasteiger partial charge in [-0.15, -0.1) is 11.3 Å². The number of thiophene rings is 1. The highest BCUT2D eigenvalue weighted by Gasteiger charge is 2.24. The molecule has 5 nitrogen and oxygen atoms in total. The number of anilines is 2. The lowest BCUT2D eigenvalue weighted by Crippen LogP contribution is -2.44. The first kappa shape index (κ1) is 14.4. The second-order valence-electron chi connectivity index (χ2n) is 5.86. The Hall–Kier alpha value is -2.21. The number of piperidine rings is 1. The average molecular weight is 325 g/mol. The van der Waals surface area contributed by atoms with E-state index in [0.29, 0.717) is 6.04 Å². The number of pyridine rings is 1. The monoisotopic (exact) mass is 325 g/mol. The quantitative estimate of drug-likeness (QED) is 0.740. The standard InChI is InChI=1S/C17H19N5S/c1-21(16-3-7-18-12-20-16)13-4-9-22(10-5-13)17-14-6-11-23-15(14)2-8-19-17/h2-3,6-8,11-13H,4-5,9-10H2,1H3. The Morgan fingerprint density at radius 1 is 1.13 bits per heavy atom. The van der Waals surface area contributed by atoms with E-state index in [2.05, 4.69) is 49.3 Å². The molecule has 0 amide bonds. The van der Waals surface area contributed by atoms with E-state index >= 15 is 0 Å². The number of aromatic nitrogens is 3. The van der Waals surface area contributed by atoms with E-state index in [1.807, 2.05) is 12.3 Å². The van der Waals surface area contributed by atoms with Gasteiger partial charge in [0.15, 0.2) is 0 Å². The second kappa shape index (κ2) is 6.12. The highest BCUT2D eigenvalue weighted by atomic mass is 32.1. The summed E-state index contributed by atoms with van der Waals surface area (Å²) in [6.45, 7) is 2.06. The Bertz CT molecular complexity index is 780. The third kappa shape index (κ3) is 2.74. The maximum atomic E-state index is 4.63. The minimum Gasteiger partial charge on any atom is -0.356 e. The van der Waals surface area contributed by atoms with Gasteiger partial charge in [0.25, 0.3) is 0 Å². The van der Waals surface area contributed by atoms with Crippen molar-refractivity contribution >= 4 is 33.1 Å². The highest BCUT2D eigenvalue weighted by Crippen LogP contribution is 2.31. The van der Waals surface area contributed by atoms with Crippen LogP contribution >= 0.6 is 11.3 Å². The summed E-state index contributed by atoms with van der Waals surface area (Å²) in [4.78, 5) is 17.7. The normalized spacial score (nSPS) is 16.0. The Kier molecular flexibility index (Phi) is 3.83. The third-order valence-corrected chi connectivity index (χ3v) is 5.48. The molecule has 0 atom stereocenters. The predicted octanol–water partition coefficient (Wildman–Crippen LogP) is 3.19. The molecular weight excluding hydrogens is 306 g/mol. The molecule has 0 saturated carbocycles. The van der Waals surface area contributed by atoms with Crippen molar-refractivity contribution in [1.82, 2.24) is 15.0 Å². The fourth-order valence-corrected chi connectivity index (χ4v) is 4.05. The third-order valence-electron chi connectivity index (χ3n) is 4.60. The van der Waals surface area contributed by atoms with Crippen LogP contribution in [-0.4, -0.2) is 41.1 Å². The van der Waals surface area contributed by atoms with E-state index in [4.69, 9.17) is 0 Å². The van der Waals surface area contributed by atoms with E-state index in [1.54, 1.807) is 23.9 Å². The molecule has 3 aromatic rings. The molecule has 0 radical (unpaired) electrons. The van der Waals surface area contributed by atoms with Gasteiger partial charge >= 0.3 is 0 Å². The van der Waals surface area contributed by atoms with Crippen molar-refractivity contribution in [2.24, 2.45) is 0 Å². The number of hydrogen-bond donors (Lipinski definition) is 0. The minimum atomic E-state index is 0.517. The lowest BCUT2D eigenvalue weighted by molar-refractivity contribution is 0.478. The van der Waals surface area contributed by atoms with Crippen LogP contribution in [-0.2, 0) is 0 Å². The fraction of sp³-hybridized carbons (Fsp3) is 0.353. The lowest BCUT2D eigenvalue weighted by atomic mass is 10.0. The summed E-state index contributed by atoms with van der Waals surface area (Å²) >= 11 is 1.78. The zero-order chi connectivity index (χ0) is 15.6. The summed E-state index contributed by atoms with van der Waals surface area (Å²) in [5.41, 5.74) is 0. The summed E-state index contributed by atoms with van der Waals surface area (Å²) in [5.74, 6) is 2.13. The molecule has 3 aromatic heterocycles. The zero-order valence-corrected chi connectivity index (χ0v) is 13.9. The van der Waals surface area contributed by atoms with Crippen LogP contribution in [0.25, 0.3) is 10.1 Å². The van der Waals surface area contributed by atoms with Crippen LogP contribution in [0.1, 0.15) is 12.8 Å². The SMILES string of the molecule is CN(c1ccncn1)C1CCN(c2nccc3sccc23)CC1. The van der Waals surface area contributed by atoms with Gasteiger partial charge in [-0.3, -0.25) is 0 Å². The Morgan fingerprint density at radius 2 is 2.00 bits per heavy atom. The van der Waals surface area contributed by atoms with Crippen molar-refractivity contribution in [3.05, 3.63) is 42.3 Å². The van der Waals surface area contributed by atoms with E-state index in [9.17, 15) is 0 Å². The van der Waals surface area contributed by atoms with Crippen molar-refractivity contribution < 1.29 is 0 Å². The minimum absolute atomic E-state index is 0.517. The molecule has 1 saturated heterocycles. The van der Waals surface area contributed by atoms with Gasteiger partial charge in [-0.25, -0.2) is 15.0 Å². The highest BCUT2D eigenvalue weighted by molar-refractivity contribution is 7.17. The number of nitrogens with zero attached hydrogens (tertiary/aromatic N) is 5. The van der Waals surface area contributed by atoms with E-state index in [1.165, 1.54) is 10.1 Å². The van der Waals surface area contributed by atoms with Crippen LogP contribution in [0.4, 0.5) is 11.6 Å².